The van der Waals surface area contributed by atoms with Crippen molar-refractivity contribution in [2.24, 2.45) is 0 Å². The van der Waals surface area contributed by atoms with Gasteiger partial charge < -0.3 is 23.8 Å². The summed E-state index contributed by atoms with van der Waals surface area (Å²) in [5.41, 5.74) is 0. The average molecular weight is 351 g/mol. The third kappa shape index (κ3) is 8.49. The SMILES string of the molecule is COCCOCCOCCOc1nc(SC(=O)N(C)C)ns1. The third-order valence-corrected chi connectivity index (χ3v) is 3.84. The normalized spacial score (nSPS) is 10.7. The molecule has 0 N–H and O–H groups in total. The molecular formula is C12H21N3O5S2. The summed E-state index contributed by atoms with van der Waals surface area (Å²) >= 11 is 2.08. The van der Waals surface area contributed by atoms with Crippen LogP contribution in [-0.4, -0.2) is 80.3 Å². The van der Waals surface area contributed by atoms with Crippen molar-refractivity contribution in [3.63, 3.8) is 0 Å². The molecule has 22 heavy (non-hydrogen) atoms. The second-order valence-corrected chi connectivity index (χ2v) is 5.80. The van der Waals surface area contributed by atoms with Crippen molar-refractivity contribution in [2.45, 2.75) is 5.16 Å². The molecule has 0 radical (unpaired) electrons. The van der Waals surface area contributed by atoms with Crippen molar-refractivity contribution < 1.29 is 23.7 Å². The molecule has 0 bridgehead atoms. The molecule has 0 saturated carbocycles. The molecule has 10 heteroatoms. The topological polar surface area (TPSA) is 83.0 Å². The molecule has 0 unspecified atom stereocenters. The number of rotatable bonds is 11. The predicted octanol–water partition coefficient (Wildman–Crippen LogP) is 1.37. The highest BCUT2D eigenvalue weighted by Crippen LogP contribution is 2.23. The van der Waals surface area contributed by atoms with Gasteiger partial charge in [0.05, 0.1) is 33.0 Å². The van der Waals surface area contributed by atoms with Crippen LogP contribution >= 0.6 is 23.3 Å². The molecule has 0 aliphatic rings. The summed E-state index contributed by atoms with van der Waals surface area (Å²) in [4.78, 5) is 17.1. The highest BCUT2D eigenvalue weighted by Gasteiger charge is 2.12. The molecule has 1 aromatic rings. The van der Waals surface area contributed by atoms with E-state index < -0.39 is 0 Å². The van der Waals surface area contributed by atoms with Gasteiger partial charge in [-0.2, -0.15) is 9.36 Å². The van der Waals surface area contributed by atoms with Crippen molar-refractivity contribution in [1.29, 1.82) is 0 Å². The minimum Gasteiger partial charge on any atom is -0.467 e. The van der Waals surface area contributed by atoms with Crippen LogP contribution in [0.4, 0.5) is 4.79 Å². The smallest absolute Gasteiger partial charge is 0.294 e. The summed E-state index contributed by atoms with van der Waals surface area (Å²) in [5, 5.41) is 0.696. The zero-order valence-corrected chi connectivity index (χ0v) is 14.6. The Bertz CT molecular complexity index is 431. The fraction of sp³-hybridized carbons (Fsp3) is 0.750. The van der Waals surface area contributed by atoms with E-state index in [2.05, 4.69) is 9.36 Å². The molecule has 1 aromatic heterocycles. The van der Waals surface area contributed by atoms with E-state index in [-0.39, 0.29) is 5.24 Å². The van der Waals surface area contributed by atoms with E-state index in [1.807, 2.05) is 0 Å². The highest BCUT2D eigenvalue weighted by molar-refractivity contribution is 8.13. The number of carbonyl (C=O) groups excluding carboxylic acids is 1. The lowest BCUT2D eigenvalue weighted by Gasteiger charge is -2.06. The van der Waals surface area contributed by atoms with E-state index in [9.17, 15) is 4.79 Å². The lowest BCUT2D eigenvalue weighted by Crippen LogP contribution is -2.16. The van der Waals surface area contributed by atoms with E-state index in [1.54, 1.807) is 21.2 Å². The van der Waals surface area contributed by atoms with Crippen LogP contribution in [0.5, 0.6) is 5.19 Å². The number of carbonyl (C=O) groups is 1. The monoisotopic (exact) mass is 351 g/mol. The van der Waals surface area contributed by atoms with Crippen LogP contribution in [0.15, 0.2) is 5.16 Å². The Kier molecular flexibility index (Phi) is 10.1. The predicted molar refractivity (Wildman–Crippen MR) is 83.9 cm³/mol. The lowest BCUT2D eigenvalue weighted by atomic mass is 10.7. The fourth-order valence-corrected chi connectivity index (χ4v) is 2.36. The largest absolute Gasteiger partial charge is 0.467 e. The number of aromatic nitrogens is 2. The van der Waals surface area contributed by atoms with E-state index in [0.717, 1.165) is 23.3 Å². The number of amides is 1. The Balaban J connectivity index is 2.06. The van der Waals surface area contributed by atoms with Crippen LogP contribution < -0.4 is 4.74 Å². The first-order chi connectivity index (χ1) is 10.6. The van der Waals surface area contributed by atoms with E-state index in [4.69, 9.17) is 18.9 Å². The first kappa shape index (κ1) is 19.1. The maximum atomic E-state index is 11.5. The number of nitrogens with zero attached hydrogens (tertiary/aromatic N) is 3. The first-order valence-electron chi connectivity index (χ1n) is 6.63. The number of hydrogen-bond donors (Lipinski definition) is 0. The minimum absolute atomic E-state index is 0.124. The summed E-state index contributed by atoms with van der Waals surface area (Å²) in [7, 11) is 4.98. The van der Waals surface area contributed by atoms with Crippen LogP contribution in [0, 0.1) is 0 Å². The van der Waals surface area contributed by atoms with Gasteiger partial charge in [-0.3, -0.25) is 4.79 Å². The zero-order valence-electron chi connectivity index (χ0n) is 12.9. The van der Waals surface area contributed by atoms with Gasteiger partial charge in [-0.15, -0.1) is 0 Å². The quantitative estimate of drug-likeness (QED) is 0.437. The first-order valence-corrected chi connectivity index (χ1v) is 8.22. The fourth-order valence-electron chi connectivity index (χ4n) is 1.12. The highest BCUT2D eigenvalue weighted by atomic mass is 32.2. The minimum atomic E-state index is -0.124. The Morgan fingerprint density at radius 2 is 1.77 bits per heavy atom. The maximum absolute atomic E-state index is 11.5. The zero-order chi connectivity index (χ0) is 16.2. The molecule has 0 fully saturated rings. The number of ether oxygens (including phenoxy) is 4. The Hall–Kier alpha value is -0.940. The molecule has 126 valence electrons. The van der Waals surface area contributed by atoms with Gasteiger partial charge >= 0.3 is 0 Å². The summed E-state index contributed by atoms with van der Waals surface area (Å²) in [5.74, 6) is 0. The molecule has 0 spiro atoms. The van der Waals surface area contributed by atoms with Gasteiger partial charge in [0.1, 0.15) is 6.61 Å². The second-order valence-electron chi connectivity index (χ2n) is 4.17. The number of thioether (sulfide) groups is 1. The van der Waals surface area contributed by atoms with Crippen molar-refractivity contribution in [1.82, 2.24) is 14.3 Å². The van der Waals surface area contributed by atoms with Crippen LogP contribution in [0.1, 0.15) is 0 Å². The van der Waals surface area contributed by atoms with Gasteiger partial charge in [0.25, 0.3) is 10.4 Å². The van der Waals surface area contributed by atoms with Crippen LogP contribution in [0.25, 0.3) is 0 Å². The standard InChI is InChI=1S/C12H21N3O5S2/c1-15(2)12(16)21-10-13-11(22-14-10)20-9-8-19-7-6-18-5-4-17-3/h4-9H2,1-3H3. The Morgan fingerprint density at radius 1 is 1.14 bits per heavy atom. The molecule has 1 amide bonds. The molecule has 1 heterocycles. The second kappa shape index (κ2) is 11.6. The lowest BCUT2D eigenvalue weighted by molar-refractivity contribution is 0.0179. The molecule has 0 atom stereocenters. The van der Waals surface area contributed by atoms with Crippen molar-refractivity contribution >= 4 is 28.5 Å². The average Bonchev–Trinajstić information content (AvgIpc) is 2.93. The summed E-state index contributed by atoms with van der Waals surface area (Å²) in [6.07, 6.45) is 0. The molecule has 0 saturated heterocycles. The van der Waals surface area contributed by atoms with Gasteiger partial charge in [-0.1, -0.05) is 0 Å². The van der Waals surface area contributed by atoms with E-state index >= 15 is 0 Å². The van der Waals surface area contributed by atoms with Gasteiger partial charge in [-0.05, 0) is 0 Å². The van der Waals surface area contributed by atoms with Crippen molar-refractivity contribution in [3.05, 3.63) is 0 Å². The third-order valence-electron chi connectivity index (χ3n) is 2.19. The molecule has 8 nitrogen and oxygen atoms in total. The van der Waals surface area contributed by atoms with Crippen LogP contribution in [-0.2, 0) is 14.2 Å². The van der Waals surface area contributed by atoms with Gasteiger partial charge in [0.15, 0.2) is 0 Å². The van der Waals surface area contributed by atoms with Crippen LogP contribution in [0.2, 0.25) is 0 Å². The molecule has 0 aliphatic heterocycles. The molecule has 0 aromatic carbocycles. The maximum Gasteiger partial charge on any atom is 0.294 e. The molecule has 1 rings (SSSR count). The Labute approximate surface area is 138 Å². The molecule has 0 aliphatic carbocycles. The molecular weight excluding hydrogens is 330 g/mol. The van der Waals surface area contributed by atoms with E-state index in [1.165, 1.54) is 4.90 Å². The summed E-state index contributed by atoms with van der Waals surface area (Å²) in [6, 6.07) is 0. The van der Waals surface area contributed by atoms with E-state index in [0.29, 0.717) is 50.0 Å². The van der Waals surface area contributed by atoms with Gasteiger partial charge in [0, 0.05) is 44.5 Å². The Morgan fingerprint density at radius 3 is 2.41 bits per heavy atom. The number of hydrogen-bond acceptors (Lipinski definition) is 9. The van der Waals surface area contributed by atoms with Crippen LogP contribution in [0.3, 0.4) is 0 Å². The summed E-state index contributed by atoms with van der Waals surface area (Å²) in [6.45, 7) is 2.98. The van der Waals surface area contributed by atoms with Crippen molar-refractivity contribution in [2.75, 3.05) is 60.8 Å². The summed E-state index contributed by atoms with van der Waals surface area (Å²) < 4.78 is 24.9. The van der Waals surface area contributed by atoms with Crippen molar-refractivity contribution in [3.8, 4) is 5.19 Å². The van der Waals surface area contributed by atoms with Gasteiger partial charge in [-0.25, -0.2) is 0 Å². The number of methoxy groups -OCH3 is 1. The van der Waals surface area contributed by atoms with Gasteiger partial charge in [0.2, 0.25) is 5.16 Å².